The Hall–Kier alpha value is -3.88. The van der Waals surface area contributed by atoms with Crippen molar-refractivity contribution in [2.75, 3.05) is 18.4 Å². The van der Waals surface area contributed by atoms with Crippen LogP contribution in [0, 0.1) is 0 Å². The van der Waals surface area contributed by atoms with Crippen molar-refractivity contribution < 1.29 is 23.9 Å². The second-order valence-electron chi connectivity index (χ2n) is 7.77. The molecule has 2 fully saturated rings. The van der Waals surface area contributed by atoms with E-state index in [1.807, 2.05) is 43.3 Å². The number of rotatable bonds is 7. The zero-order valence-corrected chi connectivity index (χ0v) is 17.6. The van der Waals surface area contributed by atoms with Crippen molar-refractivity contribution in [2.45, 2.75) is 31.9 Å². The first kappa shape index (κ1) is 21.4. The van der Waals surface area contributed by atoms with Crippen LogP contribution in [-0.4, -0.2) is 48.0 Å². The number of carbonyl (C=O) groups is 4. The first-order valence-corrected chi connectivity index (χ1v) is 10.5. The summed E-state index contributed by atoms with van der Waals surface area (Å²) in [6.45, 7) is 2.16. The second-order valence-corrected chi connectivity index (χ2v) is 7.77. The van der Waals surface area contributed by atoms with Crippen LogP contribution in [0.5, 0.6) is 0 Å². The average Bonchev–Trinajstić information content (AvgIpc) is 3.29. The Bertz CT molecular complexity index is 1060. The number of ether oxygens (including phenoxy) is 1. The number of benzene rings is 2. The van der Waals surface area contributed by atoms with Crippen molar-refractivity contribution in [1.82, 2.24) is 15.5 Å². The van der Waals surface area contributed by atoms with E-state index in [0.717, 1.165) is 23.1 Å². The van der Waals surface area contributed by atoms with E-state index in [1.165, 1.54) is 4.90 Å². The third-order valence-corrected chi connectivity index (χ3v) is 5.55. The molecule has 32 heavy (non-hydrogen) atoms. The van der Waals surface area contributed by atoms with Crippen molar-refractivity contribution in [2.24, 2.45) is 0 Å². The minimum atomic E-state index is -0.645. The predicted octanol–water partition coefficient (Wildman–Crippen LogP) is 2.13. The largest absolute Gasteiger partial charge is 0.439 e. The molecule has 2 heterocycles. The lowest BCUT2D eigenvalue weighted by Crippen LogP contribution is -2.34. The highest BCUT2D eigenvalue weighted by atomic mass is 16.6. The van der Waals surface area contributed by atoms with Crippen molar-refractivity contribution in [3.63, 3.8) is 0 Å². The third-order valence-electron chi connectivity index (χ3n) is 5.55. The number of nitrogens with one attached hydrogen (secondary N) is 3. The summed E-state index contributed by atoms with van der Waals surface area (Å²) in [7, 11) is 0. The van der Waals surface area contributed by atoms with Gasteiger partial charge in [-0.1, -0.05) is 43.3 Å². The smallest absolute Gasteiger partial charge is 0.411 e. The van der Waals surface area contributed by atoms with Crippen molar-refractivity contribution in [3.05, 3.63) is 65.2 Å². The molecule has 2 aliphatic heterocycles. The summed E-state index contributed by atoms with van der Waals surface area (Å²) in [5.74, 6) is -0.718. The van der Waals surface area contributed by atoms with E-state index in [-0.39, 0.29) is 18.4 Å². The molecule has 2 aromatic rings. The van der Waals surface area contributed by atoms with Gasteiger partial charge in [0.2, 0.25) is 5.91 Å². The van der Waals surface area contributed by atoms with Crippen LogP contribution in [-0.2, 0) is 27.2 Å². The average molecular weight is 436 g/mol. The maximum atomic E-state index is 12.6. The Balaban J connectivity index is 1.39. The highest BCUT2D eigenvalue weighted by Gasteiger charge is 2.33. The van der Waals surface area contributed by atoms with Crippen molar-refractivity contribution in [3.8, 4) is 0 Å². The Morgan fingerprint density at radius 3 is 2.59 bits per heavy atom. The number of imide groups is 1. The maximum absolute atomic E-state index is 12.6. The molecule has 0 radical (unpaired) electrons. The van der Waals surface area contributed by atoms with Crippen LogP contribution >= 0.6 is 0 Å². The molecule has 2 unspecified atom stereocenters. The van der Waals surface area contributed by atoms with Gasteiger partial charge in [0, 0.05) is 12.1 Å². The summed E-state index contributed by atoms with van der Waals surface area (Å²) in [5, 5.41) is 7.62. The first-order valence-electron chi connectivity index (χ1n) is 10.5. The fourth-order valence-electron chi connectivity index (χ4n) is 3.91. The van der Waals surface area contributed by atoms with E-state index in [2.05, 4.69) is 16.0 Å². The minimum absolute atomic E-state index is 0.131. The minimum Gasteiger partial charge on any atom is -0.439 e. The maximum Gasteiger partial charge on any atom is 0.411 e. The van der Waals surface area contributed by atoms with Crippen LogP contribution in [0.4, 0.5) is 15.3 Å². The molecule has 2 saturated heterocycles. The van der Waals surface area contributed by atoms with Crippen LogP contribution in [0.2, 0.25) is 0 Å². The molecule has 2 aliphatic rings. The number of hydrogen-bond donors (Lipinski definition) is 3. The van der Waals surface area contributed by atoms with Crippen LogP contribution in [0.1, 0.15) is 29.7 Å². The lowest BCUT2D eigenvalue weighted by Gasteiger charge is -2.16. The molecule has 0 bridgehead atoms. The summed E-state index contributed by atoms with van der Waals surface area (Å²) < 4.78 is 5.39. The van der Waals surface area contributed by atoms with Crippen molar-refractivity contribution in [1.29, 1.82) is 0 Å². The molecular weight excluding hydrogens is 412 g/mol. The van der Waals surface area contributed by atoms with Gasteiger partial charge in [0.15, 0.2) is 0 Å². The van der Waals surface area contributed by atoms with Crippen LogP contribution in [0.15, 0.2) is 48.5 Å². The number of aryl methyl sites for hydroxylation is 1. The van der Waals surface area contributed by atoms with E-state index in [9.17, 15) is 19.2 Å². The third kappa shape index (κ3) is 4.72. The summed E-state index contributed by atoms with van der Waals surface area (Å²) in [6.07, 6.45) is 0.132. The number of urea groups is 1. The monoisotopic (exact) mass is 436 g/mol. The van der Waals surface area contributed by atoms with Gasteiger partial charge in [0.25, 0.3) is 5.91 Å². The van der Waals surface area contributed by atoms with E-state index in [4.69, 9.17) is 4.74 Å². The SMILES string of the molecule is CCc1ccc(NC(=O)CN2CC(c3ccccc3)OC2=O)cc1CC1NC(=O)NC1=O. The molecule has 0 spiro atoms. The number of amides is 5. The van der Waals surface area contributed by atoms with Gasteiger partial charge in [0.05, 0.1) is 6.54 Å². The first-order chi connectivity index (χ1) is 15.4. The van der Waals surface area contributed by atoms with E-state index in [0.29, 0.717) is 18.7 Å². The van der Waals surface area contributed by atoms with E-state index < -0.39 is 24.3 Å². The molecule has 3 N–H and O–H groups in total. The number of cyclic esters (lactones) is 1. The second kappa shape index (κ2) is 9.09. The molecule has 9 heteroatoms. The Morgan fingerprint density at radius 2 is 1.91 bits per heavy atom. The van der Waals surface area contributed by atoms with Crippen molar-refractivity contribution >= 4 is 29.6 Å². The molecule has 9 nitrogen and oxygen atoms in total. The molecule has 2 atom stereocenters. The fourth-order valence-corrected chi connectivity index (χ4v) is 3.91. The number of anilines is 1. The van der Waals surface area contributed by atoms with E-state index in [1.54, 1.807) is 12.1 Å². The van der Waals surface area contributed by atoms with Gasteiger partial charge >= 0.3 is 12.1 Å². The van der Waals surface area contributed by atoms with Crippen LogP contribution in [0.25, 0.3) is 0 Å². The van der Waals surface area contributed by atoms with Gasteiger partial charge in [-0.25, -0.2) is 9.59 Å². The lowest BCUT2D eigenvalue weighted by atomic mass is 9.98. The van der Waals surface area contributed by atoms with Gasteiger partial charge in [-0.2, -0.15) is 0 Å². The molecule has 0 aromatic heterocycles. The Morgan fingerprint density at radius 1 is 1.12 bits per heavy atom. The van der Waals surface area contributed by atoms with Gasteiger partial charge in [0.1, 0.15) is 18.7 Å². The summed E-state index contributed by atoms with van der Waals surface area (Å²) >= 11 is 0. The summed E-state index contributed by atoms with van der Waals surface area (Å²) in [5.41, 5.74) is 3.31. The standard InChI is InChI=1S/C23H24N4O5/c1-2-14-8-9-17(10-16(14)11-18-21(29)26-22(30)25-18)24-20(28)13-27-12-19(32-23(27)31)15-6-4-3-5-7-15/h3-10,18-19H,2,11-13H2,1H3,(H,24,28)(H2,25,26,29,30). The van der Waals surface area contributed by atoms with Gasteiger partial charge < -0.3 is 15.4 Å². The number of hydrogen-bond acceptors (Lipinski definition) is 5. The number of nitrogens with zero attached hydrogens (tertiary/aromatic N) is 1. The topological polar surface area (TPSA) is 117 Å². The molecule has 4 rings (SSSR count). The molecule has 5 amide bonds. The Kier molecular flexibility index (Phi) is 6.07. The van der Waals surface area contributed by atoms with E-state index >= 15 is 0 Å². The highest BCUT2D eigenvalue weighted by Crippen LogP contribution is 2.26. The van der Waals surface area contributed by atoms with Crippen LogP contribution < -0.4 is 16.0 Å². The molecule has 166 valence electrons. The highest BCUT2D eigenvalue weighted by molar-refractivity contribution is 6.04. The fraction of sp³-hybridized carbons (Fsp3) is 0.304. The van der Waals surface area contributed by atoms with Crippen LogP contribution in [0.3, 0.4) is 0 Å². The predicted molar refractivity (Wildman–Crippen MR) is 116 cm³/mol. The summed E-state index contributed by atoms with van der Waals surface area (Å²) in [4.78, 5) is 49.4. The summed E-state index contributed by atoms with van der Waals surface area (Å²) in [6, 6.07) is 13.7. The molecule has 2 aromatic carbocycles. The van der Waals surface area contributed by atoms with Gasteiger partial charge in [-0.15, -0.1) is 0 Å². The zero-order valence-electron chi connectivity index (χ0n) is 17.6. The molecule has 0 aliphatic carbocycles. The quantitative estimate of drug-likeness (QED) is 0.575. The van der Waals surface area contributed by atoms with Gasteiger partial charge in [-0.05, 0) is 35.2 Å². The lowest BCUT2D eigenvalue weighted by molar-refractivity contribution is -0.120. The molecular formula is C23H24N4O5. The number of carbonyl (C=O) groups excluding carboxylic acids is 4. The molecule has 0 saturated carbocycles. The normalized spacial score (nSPS) is 20.0. The zero-order chi connectivity index (χ0) is 22.7. The Labute approximate surface area is 185 Å². The van der Waals surface area contributed by atoms with Gasteiger partial charge in [-0.3, -0.25) is 19.8 Å².